The predicted molar refractivity (Wildman–Crippen MR) is 42.0 cm³/mol. The van der Waals surface area contributed by atoms with Crippen LogP contribution in [0.2, 0.25) is 0 Å². The Labute approximate surface area is 67.2 Å². The molecule has 0 aromatic rings. The highest BCUT2D eigenvalue weighted by atomic mass is 16.1. The van der Waals surface area contributed by atoms with E-state index < -0.39 is 0 Å². The first kappa shape index (κ1) is 6.22. The van der Waals surface area contributed by atoms with Crippen LogP contribution in [0, 0.1) is 28.6 Å². The molecule has 4 saturated carbocycles. The minimum Gasteiger partial charge on any atom is -0.299 e. The number of carbonyl (C=O) groups excluding carboxylic acids is 1. The molecule has 0 aliphatic heterocycles. The van der Waals surface area contributed by atoms with Gasteiger partial charge in [-0.3, -0.25) is 4.79 Å². The van der Waals surface area contributed by atoms with Crippen molar-refractivity contribution in [2.75, 3.05) is 0 Å². The molecule has 4 bridgehead atoms. The van der Waals surface area contributed by atoms with Gasteiger partial charge in [-0.25, -0.2) is 0 Å². The number of carbonyl (C=O) groups is 1. The van der Waals surface area contributed by atoms with E-state index in [-0.39, 0.29) is 5.41 Å². The fraction of sp³-hybridized carbons (Fsp3) is 0.900. The molecule has 0 radical (unpaired) electrons. The highest BCUT2D eigenvalue weighted by molar-refractivity contribution is 5.97. The van der Waals surface area contributed by atoms with Crippen molar-refractivity contribution >= 4 is 5.78 Å². The molecule has 4 fully saturated rings. The molecule has 60 valence electrons. The molecule has 1 nitrogen and oxygen atoms in total. The van der Waals surface area contributed by atoms with Crippen LogP contribution in [0.1, 0.15) is 27.2 Å². The van der Waals surface area contributed by atoms with Crippen molar-refractivity contribution in [3.05, 3.63) is 0 Å². The first-order chi connectivity index (χ1) is 5.00. The maximum atomic E-state index is 11.7. The second kappa shape index (κ2) is 1.19. The number of ketones is 1. The predicted octanol–water partition coefficient (Wildman–Crippen LogP) is 1.87. The van der Waals surface area contributed by atoms with Crippen LogP contribution in [0.15, 0.2) is 0 Å². The van der Waals surface area contributed by atoms with Gasteiger partial charge >= 0.3 is 0 Å². The van der Waals surface area contributed by atoms with Gasteiger partial charge < -0.3 is 0 Å². The zero-order chi connectivity index (χ0) is 8.02. The highest BCUT2D eigenvalue weighted by Gasteiger charge is 2.82. The van der Waals surface area contributed by atoms with Gasteiger partial charge in [0, 0.05) is 11.3 Å². The van der Waals surface area contributed by atoms with E-state index >= 15 is 0 Å². The Bertz CT molecular complexity index is 266. The van der Waals surface area contributed by atoms with E-state index in [2.05, 4.69) is 20.8 Å². The molecule has 0 N–H and O–H groups in total. The van der Waals surface area contributed by atoms with E-state index in [0.29, 0.717) is 17.1 Å². The third kappa shape index (κ3) is 0.361. The maximum absolute atomic E-state index is 11.7. The van der Waals surface area contributed by atoms with Gasteiger partial charge in [0.1, 0.15) is 5.78 Å². The summed E-state index contributed by atoms with van der Waals surface area (Å²) >= 11 is 0. The van der Waals surface area contributed by atoms with Crippen molar-refractivity contribution in [3.63, 3.8) is 0 Å². The molecule has 4 rings (SSSR count). The van der Waals surface area contributed by atoms with Crippen LogP contribution in [0.5, 0.6) is 0 Å². The molecule has 1 heteroatoms. The summed E-state index contributed by atoms with van der Waals surface area (Å²) in [4.78, 5) is 11.7. The number of Topliss-reactive ketones (excluding diaryl/α,β-unsaturated/α-hetero) is 1. The van der Waals surface area contributed by atoms with E-state index in [4.69, 9.17) is 0 Å². The van der Waals surface area contributed by atoms with Crippen molar-refractivity contribution < 1.29 is 4.79 Å². The van der Waals surface area contributed by atoms with E-state index in [9.17, 15) is 4.79 Å². The van der Waals surface area contributed by atoms with Crippen LogP contribution in [0.3, 0.4) is 0 Å². The fourth-order valence-electron chi connectivity index (χ4n) is 3.86. The van der Waals surface area contributed by atoms with Crippen molar-refractivity contribution in [1.29, 1.82) is 0 Å². The standard InChI is InChI=1S/C10H14O/c1-9(2)7-5-4-10(9,3)8(11)6(5)7/h5-7H,4H2,1-3H3/t5-,6-,7-,10+/m0/s1. The molecule has 11 heavy (non-hydrogen) atoms. The normalized spacial score (nSPS) is 62.1. The van der Waals surface area contributed by atoms with Gasteiger partial charge in [0.05, 0.1) is 0 Å². The molecule has 0 heterocycles. The Morgan fingerprint density at radius 2 is 2.00 bits per heavy atom. The SMILES string of the molecule is CC1(C)[C@H]2[C@H]3C[C@]1(C)C(=O)[C@@H]32. The summed E-state index contributed by atoms with van der Waals surface area (Å²) in [6.07, 6.45) is 1.19. The Kier molecular flexibility index (Phi) is 0.675. The average molecular weight is 150 g/mol. The molecule has 4 aliphatic rings. The van der Waals surface area contributed by atoms with Gasteiger partial charge in [-0.05, 0) is 23.7 Å². The van der Waals surface area contributed by atoms with Crippen LogP contribution >= 0.6 is 0 Å². The average Bonchev–Trinajstić information content (AvgIpc) is 2.43. The van der Waals surface area contributed by atoms with Crippen molar-refractivity contribution in [3.8, 4) is 0 Å². The Morgan fingerprint density at radius 1 is 1.36 bits per heavy atom. The third-order valence-electron chi connectivity index (χ3n) is 4.91. The number of hydrogen-bond donors (Lipinski definition) is 0. The van der Waals surface area contributed by atoms with E-state index in [1.807, 2.05) is 0 Å². The zero-order valence-corrected chi connectivity index (χ0v) is 7.35. The summed E-state index contributed by atoms with van der Waals surface area (Å²) in [5.74, 6) is 2.63. The quantitative estimate of drug-likeness (QED) is 0.515. The summed E-state index contributed by atoms with van der Waals surface area (Å²) in [5.41, 5.74) is 0.381. The minimum absolute atomic E-state index is 0.0625. The van der Waals surface area contributed by atoms with Crippen LogP contribution in [0.25, 0.3) is 0 Å². The molecule has 4 atom stereocenters. The minimum atomic E-state index is 0.0625. The summed E-state index contributed by atoms with van der Waals surface area (Å²) in [6.45, 7) is 6.74. The van der Waals surface area contributed by atoms with Gasteiger partial charge in [0.15, 0.2) is 0 Å². The third-order valence-corrected chi connectivity index (χ3v) is 4.91. The molecule has 0 aromatic heterocycles. The van der Waals surface area contributed by atoms with E-state index in [1.165, 1.54) is 6.42 Å². The number of rotatable bonds is 0. The van der Waals surface area contributed by atoms with Gasteiger partial charge in [0.2, 0.25) is 0 Å². The molecular formula is C10H14O. The van der Waals surface area contributed by atoms with Gasteiger partial charge in [-0.2, -0.15) is 0 Å². The lowest BCUT2D eigenvalue weighted by Gasteiger charge is -2.32. The van der Waals surface area contributed by atoms with Crippen molar-refractivity contribution in [1.82, 2.24) is 0 Å². The van der Waals surface area contributed by atoms with Crippen molar-refractivity contribution in [2.24, 2.45) is 28.6 Å². The zero-order valence-electron chi connectivity index (χ0n) is 7.35. The summed E-state index contributed by atoms with van der Waals surface area (Å²) in [6, 6.07) is 0. The topological polar surface area (TPSA) is 17.1 Å². The second-order valence-corrected chi connectivity index (χ2v) is 5.34. The Hall–Kier alpha value is -0.330. The molecule has 0 aromatic carbocycles. The van der Waals surface area contributed by atoms with Gasteiger partial charge in [-0.1, -0.05) is 20.8 Å². The fourth-order valence-corrected chi connectivity index (χ4v) is 3.86. The van der Waals surface area contributed by atoms with Crippen LogP contribution < -0.4 is 0 Å². The molecule has 0 spiro atoms. The smallest absolute Gasteiger partial charge is 0.142 e. The Balaban J connectivity index is 2.23. The summed E-state index contributed by atoms with van der Waals surface area (Å²) < 4.78 is 0. The molecular weight excluding hydrogens is 136 g/mol. The van der Waals surface area contributed by atoms with Crippen LogP contribution in [0.4, 0.5) is 0 Å². The second-order valence-electron chi connectivity index (χ2n) is 5.34. The Morgan fingerprint density at radius 3 is 2.09 bits per heavy atom. The lowest BCUT2D eigenvalue weighted by Crippen LogP contribution is -2.32. The van der Waals surface area contributed by atoms with Crippen LogP contribution in [-0.4, -0.2) is 5.78 Å². The molecule has 0 saturated heterocycles. The van der Waals surface area contributed by atoms with Gasteiger partial charge in [0.25, 0.3) is 0 Å². The molecule has 0 amide bonds. The van der Waals surface area contributed by atoms with Crippen molar-refractivity contribution in [2.45, 2.75) is 27.2 Å². The first-order valence-electron chi connectivity index (χ1n) is 4.54. The maximum Gasteiger partial charge on any atom is 0.142 e. The van der Waals surface area contributed by atoms with Crippen LogP contribution in [-0.2, 0) is 4.79 Å². The molecule has 4 aliphatic carbocycles. The first-order valence-corrected chi connectivity index (χ1v) is 4.54. The van der Waals surface area contributed by atoms with Gasteiger partial charge in [-0.15, -0.1) is 0 Å². The largest absolute Gasteiger partial charge is 0.299 e. The number of hydrogen-bond acceptors (Lipinski definition) is 1. The lowest BCUT2D eigenvalue weighted by atomic mass is 9.70. The summed E-state index contributed by atoms with van der Waals surface area (Å²) in [7, 11) is 0. The lowest BCUT2D eigenvalue weighted by molar-refractivity contribution is -0.127. The monoisotopic (exact) mass is 150 g/mol. The molecule has 0 unspecified atom stereocenters. The summed E-state index contributed by atoms with van der Waals surface area (Å²) in [5, 5.41) is 0. The van der Waals surface area contributed by atoms with E-state index in [1.54, 1.807) is 0 Å². The van der Waals surface area contributed by atoms with E-state index in [0.717, 1.165) is 11.8 Å². The highest BCUT2D eigenvalue weighted by Crippen LogP contribution is 2.81.